The number of aliphatic carboxylic acids is 1. The molecule has 3 aliphatic heterocycles. The molecule has 3 aromatic heterocycles. The molecule has 4 atom stereocenters. The molecule has 4 fully saturated rings. The number of nitrogens with two attached hydrogens (primary N) is 1. The molecule has 414 valence electrons. The predicted molar refractivity (Wildman–Crippen MR) is 294 cm³/mol. The van der Waals surface area contributed by atoms with Gasteiger partial charge in [0.25, 0.3) is 11.5 Å². The lowest BCUT2D eigenvalue weighted by atomic mass is 9.86. The second-order valence-corrected chi connectivity index (χ2v) is 21.1. The molecule has 1 aliphatic carbocycles. The van der Waals surface area contributed by atoms with Crippen molar-refractivity contribution in [2.45, 2.75) is 95.2 Å². The van der Waals surface area contributed by atoms with Gasteiger partial charge in [0.15, 0.2) is 0 Å². The van der Waals surface area contributed by atoms with Gasteiger partial charge in [0.2, 0.25) is 23.7 Å². The monoisotopic (exact) mass is 1080 g/mol. The van der Waals surface area contributed by atoms with Gasteiger partial charge in [-0.25, -0.2) is 19.7 Å². The van der Waals surface area contributed by atoms with E-state index in [0.717, 1.165) is 70.5 Å². The number of nitrogens with one attached hydrogen (secondary N) is 3. The molecular weight excluding hydrogens is 1010 g/mol. The number of nitrogens with zero attached hydrogens (tertiary/aromatic N) is 8. The Morgan fingerprint density at radius 3 is 2.37 bits per heavy atom. The summed E-state index contributed by atoms with van der Waals surface area (Å²) >= 11 is 0. The molecule has 22 nitrogen and oxygen atoms in total. The van der Waals surface area contributed by atoms with Gasteiger partial charge < -0.3 is 50.3 Å². The third kappa shape index (κ3) is 10.7. The van der Waals surface area contributed by atoms with Crippen molar-refractivity contribution in [3.8, 4) is 16.9 Å². The second kappa shape index (κ2) is 22.3. The third-order valence-electron chi connectivity index (χ3n) is 15.7. The molecule has 6 heterocycles. The van der Waals surface area contributed by atoms with Crippen molar-refractivity contribution in [1.82, 2.24) is 44.9 Å². The fraction of sp³-hybridized carbons (Fsp3) is 0.421. The Hall–Kier alpha value is -8.21. The molecule has 10 rings (SSSR count). The maximum atomic E-state index is 14.5. The number of piperidine rings is 1. The van der Waals surface area contributed by atoms with Crippen molar-refractivity contribution < 1.29 is 43.3 Å². The van der Waals surface area contributed by atoms with Crippen LogP contribution in [0.2, 0.25) is 0 Å². The summed E-state index contributed by atoms with van der Waals surface area (Å²) in [7, 11) is 3.18. The number of piperazine rings is 1. The van der Waals surface area contributed by atoms with E-state index in [9.17, 15) is 38.7 Å². The highest BCUT2D eigenvalue weighted by Crippen LogP contribution is 2.43. The van der Waals surface area contributed by atoms with Crippen LogP contribution in [0.3, 0.4) is 0 Å². The zero-order valence-electron chi connectivity index (χ0n) is 44.9. The lowest BCUT2D eigenvalue weighted by Crippen LogP contribution is -2.61. The zero-order chi connectivity index (χ0) is 55.9. The second-order valence-electron chi connectivity index (χ2n) is 21.1. The van der Waals surface area contributed by atoms with Gasteiger partial charge in [-0.3, -0.25) is 38.6 Å². The Kier molecular flexibility index (Phi) is 15.3. The van der Waals surface area contributed by atoms with Crippen LogP contribution in [0.4, 0.5) is 16.4 Å². The number of fused-ring (bicyclic) bond motifs is 2. The number of H-pyrrole nitrogens is 1. The largest absolute Gasteiger partial charge is 0.495 e. The van der Waals surface area contributed by atoms with Crippen LogP contribution >= 0.6 is 0 Å². The van der Waals surface area contributed by atoms with E-state index >= 15 is 0 Å². The number of ether oxygens (including phenoxy) is 2. The first kappa shape index (κ1) is 54.2. The van der Waals surface area contributed by atoms with Gasteiger partial charge in [-0.05, 0) is 87.1 Å². The van der Waals surface area contributed by atoms with Crippen molar-refractivity contribution in [2.24, 2.45) is 12.8 Å². The van der Waals surface area contributed by atoms with Crippen molar-refractivity contribution >= 4 is 69.1 Å². The number of aromatic amines is 1. The average molecular weight is 1080 g/mol. The number of carboxylic acids is 1. The van der Waals surface area contributed by atoms with Crippen molar-refractivity contribution in [3.63, 3.8) is 0 Å². The number of rotatable bonds is 17. The minimum absolute atomic E-state index is 0.00137. The number of pyridine rings is 1. The van der Waals surface area contributed by atoms with Crippen LogP contribution in [0.25, 0.3) is 32.9 Å². The first-order chi connectivity index (χ1) is 38.0. The SMILES string of the molecule is COc1ccc(C(=O)N2C[C@H](C)N(C3CCN(c4nc(C(CN)(OC5CC5)c5ccccc5)c5cc(-c6cn(C)c(=O)c7[nH]ccc67)ccc5n4)CC3)C[C@H]2C)cc1N1CCC(=O)N(CNC(=O)C(CC(=O)O)NC(C)=O)C1=O. The minimum atomic E-state index is -1.43. The highest BCUT2D eigenvalue weighted by molar-refractivity contribution is 6.07. The molecule has 6 amide bonds. The van der Waals surface area contributed by atoms with E-state index in [4.69, 9.17) is 25.2 Å². The molecule has 2 unspecified atom stereocenters. The van der Waals surface area contributed by atoms with E-state index in [1.165, 1.54) is 12.0 Å². The third-order valence-corrected chi connectivity index (χ3v) is 15.7. The van der Waals surface area contributed by atoms with Gasteiger partial charge in [0.05, 0.1) is 36.5 Å². The quantitative estimate of drug-likeness (QED) is 0.0853. The molecule has 0 bridgehead atoms. The van der Waals surface area contributed by atoms with E-state index in [-0.39, 0.29) is 66.6 Å². The molecule has 22 heteroatoms. The average Bonchev–Trinajstić information content (AvgIpc) is 4.27. The van der Waals surface area contributed by atoms with Crippen molar-refractivity contribution in [2.75, 3.05) is 62.8 Å². The molecule has 6 aromatic rings. The summed E-state index contributed by atoms with van der Waals surface area (Å²) in [6.45, 7) is 7.27. The highest BCUT2D eigenvalue weighted by atomic mass is 16.5. The smallest absolute Gasteiger partial charge is 0.332 e. The summed E-state index contributed by atoms with van der Waals surface area (Å²) in [5.74, 6) is -2.78. The lowest BCUT2D eigenvalue weighted by Gasteiger charge is -2.49. The molecule has 79 heavy (non-hydrogen) atoms. The minimum Gasteiger partial charge on any atom is -0.495 e. The van der Waals surface area contributed by atoms with Crippen LogP contribution in [0.5, 0.6) is 5.75 Å². The summed E-state index contributed by atoms with van der Waals surface area (Å²) in [6, 6.07) is 20.8. The number of aryl methyl sites for hydroxylation is 1. The number of methoxy groups -OCH3 is 1. The van der Waals surface area contributed by atoms with E-state index in [2.05, 4.69) is 38.4 Å². The molecule has 0 radical (unpaired) electrons. The number of amides is 6. The zero-order valence-corrected chi connectivity index (χ0v) is 44.9. The Bertz CT molecular complexity index is 3390. The molecule has 1 saturated carbocycles. The predicted octanol–water partition coefficient (Wildman–Crippen LogP) is 4.28. The summed E-state index contributed by atoms with van der Waals surface area (Å²) in [6.07, 6.45) is 6.35. The molecule has 4 aliphatic rings. The maximum absolute atomic E-state index is 14.5. The van der Waals surface area contributed by atoms with Gasteiger partial charge in [-0.2, -0.15) is 0 Å². The number of benzene rings is 3. The van der Waals surface area contributed by atoms with Crippen LogP contribution < -0.4 is 36.5 Å². The highest BCUT2D eigenvalue weighted by Gasteiger charge is 2.44. The summed E-state index contributed by atoms with van der Waals surface area (Å²) in [4.78, 5) is 113. The number of anilines is 2. The lowest BCUT2D eigenvalue weighted by molar-refractivity contribution is -0.141. The van der Waals surface area contributed by atoms with Gasteiger partial charge in [0, 0.05) is 112 Å². The molecular formula is C57H66N12O10. The summed E-state index contributed by atoms with van der Waals surface area (Å²) in [5.41, 5.74) is 10.9. The number of imide groups is 1. The van der Waals surface area contributed by atoms with Gasteiger partial charge in [-0.1, -0.05) is 36.4 Å². The topological polar surface area (TPSA) is 271 Å². The Balaban J connectivity index is 0.854. The van der Waals surface area contributed by atoms with E-state index in [0.29, 0.717) is 48.9 Å². The Morgan fingerprint density at radius 2 is 1.67 bits per heavy atom. The molecule has 0 spiro atoms. The first-order valence-electron chi connectivity index (χ1n) is 26.8. The van der Waals surface area contributed by atoms with Gasteiger partial charge in [-0.15, -0.1) is 0 Å². The van der Waals surface area contributed by atoms with Gasteiger partial charge in [0.1, 0.15) is 29.6 Å². The number of carboxylic acid groups (broad SMARTS) is 1. The number of hydrogen-bond acceptors (Lipinski definition) is 14. The Morgan fingerprint density at radius 1 is 0.911 bits per heavy atom. The summed E-state index contributed by atoms with van der Waals surface area (Å²) in [5, 5.41) is 15.6. The molecule has 3 aromatic carbocycles. The van der Waals surface area contributed by atoms with E-state index < -0.39 is 54.5 Å². The van der Waals surface area contributed by atoms with Gasteiger partial charge >= 0.3 is 12.0 Å². The number of carbonyl (C=O) groups is 6. The van der Waals surface area contributed by atoms with Crippen molar-refractivity contribution in [3.05, 3.63) is 112 Å². The van der Waals surface area contributed by atoms with Crippen LogP contribution in [-0.2, 0) is 36.6 Å². The van der Waals surface area contributed by atoms with E-state index in [1.807, 2.05) is 66.6 Å². The van der Waals surface area contributed by atoms with E-state index in [1.54, 1.807) is 36.0 Å². The number of urea groups is 1. The standard InChI is InChI=1S/C57H66N12O10/c1-33-29-68(53(75)37-12-16-47(78-5)46(26-37)66-24-20-48(71)69(56(66)77)32-60-52(74)45(27-49(72)73)61-35(3)70)34(2)28-67(33)39-18-22-65(23-19-39)55-62-44-15-11-36(43-30-64(4)54(76)50-41(43)17-21-59-50)25-42(44)51(63-55)57(31-58,79-40-13-14-40)38-9-7-6-8-10-38/h6-12,15-17,21,25-26,30,33-34,39-40,45,59H,13-14,18-20,22-24,27-29,31-32,58H2,1-5H3,(H,60,74)(H,61,70)(H,72,73)/t33-,34+,45?,57?/m0/s1. The van der Waals surface area contributed by atoms with Crippen LogP contribution in [0.1, 0.15) is 80.9 Å². The number of hydrogen-bond donors (Lipinski definition) is 5. The molecule has 6 N–H and O–H groups in total. The number of carbonyl (C=O) groups excluding carboxylic acids is 5. The first-order valence-corrected chi connectivity index (χ1v) is 26.8. The summed E-state index contributed by atoms with van der Waals surface area (Å²) < 4.78 is 14.3. The van der Waals surface area contributed by atoms with Crippen LogP contribution in [-0.4, -0.2) is 158 Å². The maximum Gasteiger partial charge on any atom is 0.332 e. The normalized spacial score (nSPS) is 19.6. The van der Waals surface area contributed by atoms with Crippen molar-refractivity contribution in [1.29, 1.82) is 0 Å². The fourth-order valence-corrected chi connectivity index (χ4v) is 11.5. The van der Waals surface area contributed by atoms with Crippen LogP contribution in [0, 0.1) is 0 Å². The Labute approximate surface area is 455 Å². The number of aromatic nitrogens is 4. The van der Waals surface area contributed by atoms with Crippen LogP contribution in [0.15, 0.2) is 90.0 Å². The fourth-order valence-electron chi connectivity index (χ4n) is 11.5. The molecule has 3 saturated heterocycles.